The number of benzene rings is 1. The van der Waals surface area contributed by atoms with Crippen LogP contribution in [0.4, 0.5) is 0 Å². The lowest BCUT2D eigenvalue weighted by Gasteiger charge is -2.28. The van der Waals surface area contributed by atoms with Crippen molar-refractivity contribution in [1.82, 2.24) is 5.32 Å². The number of aliphatic imine (C=N–C) groups is 1. The quantitative estimate of drug-likeness (QED) is 0.677. The molecule has 0 bridgehead atoms. The second-order valence-electron chi connectivity index (χ2n) is 3.98. The van der Waals surface area contributed by atoms with Crippen LogP contribution in [0.2, 0.25) is 0 Å². The van der Waals surface area contributed by atoms with Crippen LogP contribution in [0, 0.1) is 0 Å². The van der Waals surface area contributed by atoms with E-state index in [4.69, 9.17) is 12.8 Å². The van der Waals surface area contributed by atoms with Crippen molar-refractivity contribution in [2.45, 2.75) is 10.7 Å². The molecule has 0 amide bonds. The molecule has 0 aliphatic carbocycles. The average Bonchev–Trinajstić information content (AvgIpc) is 2.27. The molecule has 1 unspecified atom stereocenters. The lowest BCUT2D eigenvalue weighted by molar-refractivity contribution is 0.409. The van der Waals surface area contributed by atoms with Gasteiger partial charge in [0.2, 0.25) is 5.79 Å². The fourth-order valence-electron chi connectivity index (χ4n) is 1.55. The third-order valence-electron chi connectivity index (χ3n) is 2.44. The SMILES string of the molecule is [2H]c1c(C2(N)N=C(N)C=CN2)cccc1S(C)(=O)=O. The predicted octanol–water partition coefficient (Wildman–Crippen LogP) is -0.367. The number of sulfone groups is 1. The summed E-state index contributed by atoms with van der Waals surface area (Å²) in [4.78, 5) is 3.93. The molecule has 96 valence electrons. The molecule has 18 heavy (non-hydrogen) atoms. The summed E-state index contributed by atoms with van der Waals surface area (Å²) < 4.78 is 31.2. The van der Waals surface area contributed by atoms with Crippen LogP contribution in [0.3, 0.4) is 0 Å². The van der Waals surface area contributed by atoms with Crippen LogP contribution < -0.4 is 16.8 Å². The van der Waals surface area contributed by atoms with Crippen molar-refractivity contribution in [1.29, 1.82) is 0 Å². The van der Waals surface area contributed by atoms with Crippen LogP contribution in [-0.4, -0.2) is 20.5 Å². The molecule has 2 rings (SSSR count). The Morgan fingerprint density at radius 3 is 2.83 bits per heavy atom. The van der Waals surface area contributed by atoms with E-state index in [-0.39, 0.29) is 22.3 Å². The van der Waals surface area contributed by atoms with E-state index in [2.05, 4.69) is 10.3 Å². The lowest BCUT2D eigenvalue weighted by Crippen LogP contribution is -2.49. The standard InChI is InChI=1S/C11H14N4O2S/c1-18(16,17)9-4-2-3-8(7-9)11(13)14-6-5-10(12)15-11/h2-7,14H,13H2,1H3,(H2,12,15)/i7D. The van der Waals surface area contributed by atoms with E-state index in [9.17, 15) is 8.42 Å². The average molecular weight is 267 g/mol. The molecule has 0 spiro atoms. The number of amidine groups is 1. The molecule has 1 aliphatic heterocycles. The van der Waals surface area contributed by atoms with Crippen molar-refractivity contribution in [2.75, 3.05) is 6.26 Å². The van der Waals surface area contributed by atoms with E-state index in [1.807, 2.05) is 0 Å². The first kappa shape index (κ1) is 11.2. The van der Waals surface area contributed by atoms with Gasteiger partial charge in [-0.2, -0.15) is 0 Å². The summed E-state index contributed by atoms with van der Waals surface area (Å²) in [6, 6.07) is 4.23. The van der Waals surface area contributed by atoms with E-state index in [1.54, 1.807) is 6.07 Å². The fraction of sp³-hybridized carbons (Fsp3) is 0.182. The monoisotopic (exact) mass is 267 g/mol. The molecule has 0 aromatic heterocycles. The van der Waals surface area contributed by atoms with Crippen molar-refractivity contribution < 1.29 is 9.79 Å². The normalized spacial score (nSPS) is 24.1. The Labute approximate surface area is 107 Å². The minimum absolute atomic E-state index is 0.0973. The summed E-state index contributed by atoms with van der Waals surface area (Å²) in [5, 5.41) is 2.78. The Hall–Kier alpha value is -1.86. The summed E-state index contributed by atoms with van der Waals surface area (Å²) in [6.45, 7) is 0. The van der Waals surface area contributed by atoms with Crippen molar-refractivity contribution in [3.05, 3.63) is 42.1 Å². The summed E-state index contributed by atoms with van der Waals surface area (Å²) >= 11 is 0. The Balaban J connectivity index is 2.62. The zero-order valence-corrected chi connectivity index (χ0v) is 10.5. The second-order valence-corrected chi connectivity index (χ2v) is 5.97. The number of nitrogens with one attached hydrogen (secondary N) is 1. The van der Waals surface area contributed by atoms with Crippen molar-refractivity contribution in [2.24, 2.45) is 16.5 Å². The van der Waals surface area contributed by atoms with E-state index in [1.165, 1.54) is 24.4 Å². The minimum atomic E-state index is -3.50. The van der Waals surface area contributed by atoms with Crippen molar-refractivity contribution in [3.63, 3.8) is 0 Å². The first-order chi connectivity index (χ1) is 8.74. The van der Waals surface area contributed by atoms with Gasteiger partial charge in [0.05, 0.1) is 6.27 Å². The van der Waals surface area contributed by atoms with E-state index >= 15 is 0 Å². The number of hydrogen-bond donors (Lipinski definition) is 3. The molecule has 1 aliphatic rings. The fourth-order valence-corrected chi connectivity index (χ4v) is 2.17. The van der Waals surface area contributed by atoms with Crippen LogP contribution >= 0.6 is 0 Å². The molecule has 0 saturated carbocycles. The summed E-state index contributed by atoms with van der Waals surface area (Å²) in [7, 11) is -3.50. The van der Waals surface area contributed by atoms with Crippen molar-refractivity contribution >= 4 is 15.7 Å². The van der Waals surface area contributed by atoms with Gasteiger partial charge in [-0.3, -0.25) is 5.73 Å². The van der Waals surface area contributed by atoms with Crippen LogP contribution in [0.1, 0.15) is 6.93 Å². The van der Waals surface area contributed by atoms with Gasteiger partial charge in [-0.1, -0.05) is 12.1 Å². The maximum Gasteiger partial charge on any atom is 0.211 e. The summed E-state index contributed by atoms with van der Waals surface area (Å²) in [5.74, 6) is -1.23. The third-order valence-corrected chi connectivity index (χ3v) is 3.48. The van der Waals surface area contributed by atoms with Gasteiger partial charge in [0.1, 0.15) is 5.84 Å². The third kappa shape index (κ3) is 2.36. The molecule has 1 aromatic rings. The highest BCUT2D eigenvalue weighted by molar-refractivity contribution is 7.90. The van der Waals surface area contributed by atoms with Crippen LogP contribution in [0.25, 0.3) is 0 Å². The maximum absolute atomic E-state index is 11.6. The molecule has 1 heterocycles. The van der Waals surface area contributed by atoms with Gasteiger partial charge in [-0.25, -0.2) is 13.4 Å². The Kier molecular flexibility index (Phi) is 2.57. The molecule has 1 atom stereocenters. The largest absolute Gasteiger partial charge is 0.384 e. The first-order valence-corrected chi connectivity index (χ1v) is 7.02. The van der Waals surface area contributed by atoms with Crippen molar-refractivity contribution in [3.8, 4) is 0 Å². The van der Waals surface area contributed by atoms with E-state index < -0.39 is 15.6 Å². The van der Waals surface area contributed by atoms with Gasteiger partial charge in [0.25, 0.3) is 0 Å². The van der Waals surface area contributed by atoms with E-state index in [0.717, 1.165) is 6.26 Å². The van der Waals surface area contributed by atoms with Gasteiger partial charge < -0.3 is 11.1 Å². The zero-order valence-electron chi connectivity index (χ0n) is 10.7. The Morgan fingerprint density at radius 2 is 2.22 bits per heavy atom. The lowest BCUT2D eigenvalue weighted by atomic mass is 10.1. The van der Waals surface area contributed by atoms with Gasteiger partial charge in [-0.15, -0.1) is 0 Å². The van der Waals surface area contributed by atoms with Gasteiger partial charge in [0.15, 0.2) is 9.84 Å². The van der Waals surface area contributed by atoms with Crippen LogP contribution in [-0.2, 0) is 15.6 Å². The topological polar surface area (TPSA) is 111 Å². The molecule has 5 N–H and O–H groups in total. The molecular weight excluding hydrogens is 252 g/mol. The predicted molar refractivity (Wildman–Crippen MR) is 69.3 cm³/mol. The highest BCUT2D eigenvalue weighted by Gasteiger charge is 2.28. The molecule has 0 radical (unpaired) electrons. The molecule has 7 heteroatoms. The first-order valence-electron chi connectivity index (χ1n) is 5.62. The molecule has 0 fully saturated rings. The molecular formula is C11H14N4O2S. The second kappa shape index (κ2) is 4.11. The number of nitrogens with two attached hydrogens (primary N) is 2. The smallest absolute Gasteiger partial charge is 0.211 e. The van der Waals surface area contributed by atoms with Crippen LogP contribution in [0.5, 0.6) is 0 Å². The summed E-state index contributed by atoms with van der Waals surface area (Å²) in [6.07, 6.45) is 4.07. The Bertz CT molecular complexity index is 684. The summed E-state index contributed by atoms with van der Waals surface area (Å²) in [5.41, 5.74) is 11.9. The number of hydrogen-bond acceptors (Lipinski definition) is 6. The number of nitrogens with zero attached hydrogens (tertiary/aromatic N) is 1. The van der Waals surface area contributed by atoms with Gasteiger partial charge >= 0.3 is 0 Å². The maximum atomic E-state index is 11.6. The molecule has 6 nitrogen and oxygen atoms in total. The highest BCUT2D eigenvalue weighted by atomic mass is 32.2. The van der Waals surface area contributed by atoms with E-state index in [0.29, 0.717) is 0 Å². The number of rotatable bonds is 2. The van der Waals surface area contributed by atoms with Gasteiger partial charge in [0, 0.05) is 18.0 Å². The van der Waals surface area contributed by atoms with Crippen LogP contribution in [0.15, 0.2) is 46.4 Å². The Morgan fingerprint density at radius 1 is 1.50 bits per heavy atom. The minimum Gasteiger partial charge on any atom is -0.384 e. The highest BCUT2D eigenvalue weighted by Crippen LogP contribution is 2.22. The molecule has 1 aromatic carbocycles. The molecule has 0 saturated heterocycles. The zero-order chi connectivity index (χ0) is 14.3. The van der Waals surface area contributed by atoms with Gasteiger partial charge in [-0.05, 0) is 18.2 Å².